The maximum Gasteiger partial charge on any atom is 0.329 e. The Morgan fingerprint density at radius 2 is 1.23 bits per heavy atom. The molecule has 8 nitrogen and oxygen atoms in total. The van der Waals surface area contributed by atoms with Crippen LogP contribution in [-0.2, 0) is 4.79 Å². The SMILES string of the molecule is CC(O)C(O)CC(S)(S)C(=O)O.CC(O)CO.CC(O)CO. The van der Waals surface area contributed by atoms with Gasteiger partial charge < -0.3 is 35.7 Å². The van der Waals surface area contributed by atoms with Crippen molar-refractivity contribution in [1.82, 2.24) is 0 Å². The molecule has 4 unspecified atom stereocenters. The van der Waals surface area contributed by atoms with Crippen LogP contribution in [0.5, 0.6) is 0 Å². The van der Waals surface area contributed by atoms with Crippen LogP contribution in [0.15, 0.2) is 0 Å². The highest BCUT2D eigenvalue weighted by atomic mass is 32.2. The van der Waals surface area contributed by atoms with E-state index in [9.17, 15) is 4.79 Å². The van der Waals surface area contributed by atoms with Gasteiger partial charge in [-0.15, -0.1) is 0 Å². The van der Waals surface area contributed by atoms with Crippen molar-refractivity contribution >= 4 is 31.2 Å². The maximum atomic E-state index is 10.4. The van der Waals surface area contributed by atoms with Crippen molar-refractivity contribution in [2.75, 3.05) is 13.2 Å². The zero-order valence-electron chi connectivity index (χ0n) is 12.9. The number of aliphatic hydroxyl groups is 6. The number of carboxylic acid groups (broad SMARTS) is 1. The normalized spacial score (nSPS) is 16.1. The average Bonchev–Trinajstić information content (AvgIpc) is 2.39. The van der Waals surface area contributed by atoms with Gasteiger partial charge in [0.2, 0.25) is 0 Å². The fourth-order valence-corrected chi connectivity index (χ4v) is 0.924. The maximum absolute atomic E-state index is 10.4. The van der Waals surface area contributed by atoms with Gasteiger partial charge in [0.25, 0.3) is 0 Å². The second-order valence-corrected chi connectivity index (χ2v) is 6.58. The highest BCUT2D eigenvalue weighted by Crippen LogP contribution is 2.26. The van der Waals surface area contributed by atoms with E-state index in [1.165, 1.54) is 20.8 Å². The summed E-state index contributed by atoms with van der Waals surface area (Å²) < 4.78 is -1.60. The van der Waals surface area contributed by atoms with Gasteiger partial charge in [-0.3, -0.25) is 0 Å². The molecule has 0 spiro atoms. The van der Waals surface area contributed by atoms with Crippen LogP contribution < -0.4 is 0 Å². The van der Waals surface area contributed by atoms with Gasteiger partial charge in [-0.1, -0.05) is 0 Å². The molecule has 0 aliphatic carbocycles. The van der Waals surface area contributed by atoms with Crippen LogP contribution >= 0.6 is 25.3 Å². The van der Waals surface area contributed by atoms with Gasteiger partial charge in [0.05, 0.1) is 37.6 Å². The van der Waals surface area contributed by atoms with Gasteiger partial charge in [0, 0.05) is 6.42 Å². The third-order valence-corrected chi connectivity index (χ3v) is 2.67. The molecule has 0 bridgehead atoms. The number of hydrogen-bond acceptors (Lipinski definition) is 9. The molecular formula is C12H28O8S2. The summed E-state index contributed by atoms with van der Waals surface area (Å²) in [5, 5.41) is 58.5. The molecule has 0 aliphatic rings. The largest absolute Gasteiger partial charge is 0.480 e. The molecule has 0 saturated heterocycles. The molecule has 0 heterocycles. The summed E-state index contributed by atoms with van der Waals surface area (Å²) in [5.74, 6) is -1.24. The fraction of sp³-hybridized carbons (Fsp3) is 0.917. The van der Waals surface area contributed by atoms with E-state index in [0.29, 0.717) is 0 Å². The number of thiol groups is 2. The zero-order valence-corrected chi connectivity index (χ0v) is 14.7. The monoisotopic (exact) mass is 364 g/mol. The Kier molecular flexibility index (Phi) is 17.7. The van der Waals surface area contributed by atoms with Crippen LogP contribution in [0.4, 0.5) is 0 Å². The predicted molar refractivity (Wildman–Crippen MR) is 88.2 cm³/mol. The Labute approximate surface area is 141 Å². The molecular weight excluding hydrogens is 336 g/mol. The van der Waals surface area contributed by atoms with Crippen molar-refractivity contribution < 1.29 is 40.5 Å². The third kappa shape index (κ3) is 19.9. The Morgan fingerprint density at radius 3 is 1.36 bits per heavy atom. The summed E-state index contributed by atoms with van der Waals surface area (Å²) in [6, 6.07) is 0. The van der Waals surface area contributed by atoms with E-state index in [4.69, 9.17) is 35.7 Å². The molecule has 7 N–H and O–H groups in total. The number of aliphatic hydroxyl groups excluding tert-OH is 6. The quantitative estimate of drug-likeness (QED) is 0.203. The molecule has 22 heavy (non-hydrogen) atoms. The van der Waals surface area contributed by atoms with E-state index < -0.39 is 34.5 Å². The molecule has 10 heteroatoms. The van der Waals surface area contributed by atoms with E-state index in [-0.39, 0.29) is 19.6 Å². The summed E-state index contributed by atoms with van der Waals surface area (Å²) in [4.78, 5) is 10.4. The Bertz CT molecular complexity index is 264. The average molecular weight is 364 g/mol. The van der Waals surface area contributed by atoms with Gasteiger partial charge in [0.1, 0.15) is 0 Å². The van der Waals surface area contributed by atoms with Crippen molar-refractivity contribution in [2.24, 2.45) is 0 Å². The number of rotatable bonds is 6. The van der Waals surface area contributed by atoms with Crippen LogP contribution in [0.2, 0.25) is 0 Å². The lowest BCUT2D eigenvalue weighted by Crippen LogP contribution is -2.35. The first-order chi connectivity index (χ1) is 9.81. The molecule has 0 aromatic carbocycles. The topological polar surface area (TPSA) is 159 Å². The number of hydrogen-bond donors (Lipinski definition) is 9. The lowest BCUT2D eigenvalue weighted by Gasteiger charge is -2.22. The molecule has 136 valence electrons. The second kappa shape index (κ2) is 14.5. The van der Waals surface area contributed by atoms with Crippen LogP contribution in [-0.4, -0.2) is 83.4 Å². The molecule has 0 saturated carbocycles. The van der Waals surface area contributed by atoms with Crippen LogP contribution in [0, 0.1) is 0 Å². The van der Waals surface area contributed by atoms with E-state index in [1.807, 2.05) is 0 Å². The van der Waals surface area contributed by atoms with Gasteiger partial charge >= 0.3 is 5.97 Å². The standard InChI is InChI=1S/C6H12O4S2.2C3H8O2/c1-3(7)4(8)2-6(11,12)5(9)10;2*1-3(5)2-4/h3-4,7-8,11-12H,2H2,1H3,(H,9,10);2*3-5H,2H2,1H3. The number of carboxylic acids is 1. The summed E-state index contributed by atoms with van der Waals surface area (Å²) in [5.41, 5.74) is 0. The first kappa shape index (κ1) is 26.8. The highest BCUT2D eigenvalue weighted by molar-refractivity contribution is 8.01. The van der Waals surface area contributed by atoms with Crippen LogP contribution in [0.1, 0.15) is 27.2 Å². The van der Waals surface area contributed by atoms with Gasteiger partial charge in [0.15, 0.2) is 4.08 Å². The van der Waals surface area contributed by atoms with Crippen molar-refractivity contribution in [3.8, 4) is 0 Å². The number of aliphatic carboxylic acids is 1. The van der Waals surface area contributed by atoms with E-state index in [0.717, 1.165) is 0 Å². The van der Waals surface area contributed by atoms with Gasteiger partial charge in [-0.2, -0.15) is 25.3 Å². The van der Waals surface area contributed by atoms with E-state index in [1.54, 1.807) is 0 Å². The molecule has 4 atom stereocenters. The minimum Gasteiger partial charge on any atom is -0.480 e. The highest BCUT2D eigenvalue weighted by Gasteiger charge is 2.33. The van der Waals surface area contributed by atoms with E-state index >= 15 is 0 Å². The van der Waals surface area contributed by atoms with Crippen molar-refractivity contribution in [3.05, 3.63) is 0 Å². The molecule has 0 amide bonds. The predicted octanol–water partition coefficient (Wildman–Crippen LogP) is -1.52. The van der Waals surface area contributed by atoms with Crippen LogP contribution in [0.3, 0.4) is 0 Å². The summed E-state index contributed by atoms with van der Waals surface area (Å²) in [6.45, 7) is 4.14. The van der Waals surface area contributed by atoms with Gasteiger partial charge in [-0.25, -0.2) is 4.79 Å². The minimum absolute atomic E-state index is 0.139. The molecule has 0 radical (unpaired) electrons. The molecule has 0 aliphatic heterocycles. The second-order valence-electron chi connectivity index (χ2n) is 4.70. The van der Waals surface area contributed by atoms with Crippen molar-refractivity contribution in [3.63, 3.8) is 0 Å². The molecule has 0 rings (SSSR count). The Morgan fingerprint density at radius 1 is 0.955 bits per heavy atom. The first-order valence-corrected chi connectivity index (χ1v) is 7.33. The third-order valence-electron chi connectivity index (χ3n) is 1.92. The smallest absolute Gasteiger partial charge is 0.329 e. The first-order valence-electron chi connectivity index (χ1n) is 6.43. The summed E-state index contributed by atoms with van der Waals surface area (Å²) in [6.07, 6.45) is -3.45. The Hall–Kier alpha value is -0.0700. The summed E-state index contributed by atoms with van der Waals surface area (Å²) >= 11 is 7.42. The molecule has 0 aromatic heterocycles. The van der Waals surface area contributed by atoms with Gasteiger partial charge in [-0.05, 0) is 20.8 Å². The van der Waals surface area contributed by atoms with Crippen molar-refractivity contribution in [1.29, 1.82) is 0 Å². The van der Waals surface area contributed by atoms with Crippen molar-refractivity contribution in [2.45, 2.75) is 55.7 Å². The Balaban J connectivity index is -0.000000298. The number of carbonyl (C=O) groups is 1. The fourth-order valence-electron chi connectivity index (χ4n) is 0.549. The lowest BCUT2D eigenvalue weighted by molar-refractivity contribution is -0.138. The van der Waals surface area contributed by atoms with Crippen LogP contribution in [0.25, 0.3) is 0 Å². The lowest BCUT2D eigenvalue weighted by atomic mass is 10.1. The van der Waals surface area contributed by atoms with E-state index in [2.05, 4.69) is 25.3 Å². The molecule has 0 aromatic rings. The molecule has 0 fully saturated rings. The summed E-state index contributed by atoms with van der Waals surface area (Å²) in [7, 11) is 0. The minimum atomic E-state index is -1.60. The zero-order chi connectivity index (χ0) is 18.5.